The van der Waals surface area contributed by atoms with Crippen molar-refractivity contribution in [3.8, 4) is 5.75 Å². The van der Waals surface area contributed by atoms with Gasteiger partial charge >= 0.3 is 0 Å². The fourth-order valence-electron chi connectivity index (χ4n) is 2.09. The Bertz CT molecular complexity index is 645. The lowest BCUT2D eigenvalue weighted by atomic mass is 10.1. The molecule has 1 aromatic carbocycles. The fraction of sp³-hybridized carbons (Fsp3) is 0.429. The van der Waals surface area contributed by atoms with Gasteiger partial charge in [0.1, 0.15) is 17.4 Å². The van der Waals surface area contributed by atoms with Crippen molar-refractivity contribution in [2.75, 3.05) is 6.79 Å². The van der Waals surface area contributed by atoms with Crippen LogP contribution in [0.3, 0.4) is 0 Å². The van der Waals surface area contributed by atoms with Crippen molar-refractivity contribution in [1.29, 1.82) is 0 Å². The summed E-state index contributed by atoms with van der Waals surface area (Å²) in [4.78, 5) is 4.40. The van der Waals surface area contributed by atoms with E-state index in [0.717, 1.165) is 22.7 Å². The van der Waals surface area contributed by atoms with E-state index in [2.05, 4.69) is 15.2 Å². The highest BCUT2D eigenvalue weighted by atomic mass is 32.2. The molecule has 2 heterocycles. The smallest absolute Gasteiger partial charge is 0.208 e. The predicted octanol–water partition coefficient (Wildman–Crippen LogP) is 3.23. The van der Waals surface area contributed by atoms with Crippen LogP contribution in [-0.4, -0.2) is 22.0 Å². The van der Waals surface area contributed by atoms with Gasteiger partial charge in [0.05, 0.1) is 6.61 Å². The fourth-order valence-corrected chi connectivity index (χ4v) is 2.86. The molecule has 0 bridgehead atoms. The largest absolute Gasteiger partial charge is 0.467 e. The zero-order valence-corrected chi connectivity index (χ0v) is 12.7. The molecule has 0 saturated carbocycles. The topological polar surface area (TPSA) is 60.0 Å². The molecule has 0 fully saturated rings. The second-order valence-electron chi connectivity index (χ2n) is 5.11. The summed E-state index contributed by atoms with van der Waals surface area (Å²) in [6, 6.07) is 2.94. The molecular weight excluding hydrogens is 293 g/mol. The molecule has 1 N–H and O–H groups in total. The second kappa shape index (κ2) is 6.03. The molecule has 0 unspecified atom stereocenters. The third-order valence-electron chi connectivity index (χ3n) is 3.14. The Kier molecular flexibility index (Phi) is 4.12. The standard InChI is InChI=1S/C14H16FN3O2S/c1-8(2)13-16-14(18-17-13)21-6-10-4-11(15)3-9-5-19-7-20-12(9)10/h3-4,8H,5-7H2,1-2H3,(H,16,17,18). The second-order valence-corrected chi connectivity index (χ2v) is 6.05. The van der Waals surface area contributed by atoms with Crippen molar-refractivity contribution >= 4 is 11.8 Å². The Morgan fingerprint density at radius 1 is 1.43 bits per heavy atom. The molecule has 1 aliphatic rings. The number of nitrogens with zero attached hydrogens (tertiary/aromatic N) is 2. The van der Waals surface area contributed by atoms with Crippen molar-refractivity contribution in [3.63, 3.8) is 0 Å². The van der Waals surface area contributed by atoms with E-state index in [9.17, 15) is 4.39 Å². The van der Waals surface area contributed by atoms with E-state index < -0.39 is 0 Å². The first-order valence-electron chi connectivity index (χ1n) is 6.70. The molecule has 0 radical (unpaired) electrons. The summed E-state index contributed by atoms with van der Waals surface area (Å²) in [5.41, 5.74) is 1.55. The van der Waals surface area contributed by atoms with Gasteiger partial charge in [0.15, 0.2) is 6.79 Å². The molecule has 5 nitrogen and oxygen atoms in total. The maximum absolute atomic E-state index is 13.6. The van der Waals surface area contributed by atoms with Crippen LogP contribution < -0.4 is 4.74 Å². The maximum Gasteiger partial charge on any atom is 0.208 e. The molecule has 112 valence electrons. The first-order chi connectivity index (χ1) is 10.1. The van der Waals surface area contributed by atoms with Crippen LogP contribution in [0.15, 0.2) is 17.3 Å². The zero-order valence-electron chi connectivity index (χ0n) is 11.9. The first-order valence-corrected chi connectivity index (χ1v) is 7.69. The van der Waals surface area contributed by atoms with Gasteiger partial charge < -0.3 is 9.47 Å². The molecule has 0 aliphatic carbocycles. The summed E-state index contributed by atoms with van der Waals surface area (Å²) in [6.07, 6.45) is 0. The number of benzene rings is 1. The normalized spacial score (nSPS) is 14.1. The molecule has 1 aliphatic heterocycles. The van der Waals surface area contributed by atoms with Gasteiger partial charge in [-0.2, -0.15) is 0 Å². The average Bonchev–Trinajstić information content (AvgIpc) is 2.93. The number of thioether (sulfide) groups is 1. The highest BCUT2D eigenvalue weighted by Crippen LogP contribution is 2.33. The van der Waals surface area contributed by atoms with E-state index in [1.165, 1.54) is 23.9 Å². The Balaban J connectivity index is 1.76. The molecular formula is C14H16FN3O2S. The molecule has 0 spiro atoms. The number of aromatic nitrogens is 3. The van der Waals surface area contributed by atoms with Gasteiger partial charge in [0, 0.05) is 22.8 Å². The van der Waals surface area contributed by atoms with Crippen LogP contribution >= 0.6 is 11.8 Å². The van der Waals surface area contributed by atoms with Crippen LogP contribution in [0.1, 0.15) is 36.7 Å². The SMILES string of the molecule is CC(C)c1nc(SCc2cc(F)cc3c2OCOC3)n[nH]1. The number of aromatic amines is 1. The van der Waals surface area contributed by atoms with Gasteiger partial charge in [-0.1, -0.05) is 25.6 Å². The van der Waals surface area contributed by atoms with Crippen molar-refractivity contribution in [2.24, 2.45) is 0 Å². The van der Waals surface area contributed by atoms with E-state index in [4.69, 9.17) is 9.47 Å². The van der Waals surface area contributed by atoms with Gasteiger partial charge in [0.2, 0.25) is 5.16 Å². The van der Waals surface area contributed by atoms with Crippen LogP contribution in [-0.2, 0) is 17.1 Å². The predicted molar refractivity (Wildman–Crippen MR) is 76.7 cm³/mol. The van der Waals surface area contributed by atoms with Gasteiger partial charge in [0.25, 0.3) is 0 Å². The summed E-state index contributed by atoms with van der Waals surface area (Å²) in [7, 11) is 0. The van der Waals surface area contributed by atoms with Crippen molar-refractivity contribution in [3.05, 3.63) is 34.9 Å². The van der Waals surface area contributed by atoms with Crippen LogP contribution in [0.5, 0.6) is 5.75 Å². The lowest BCUT2D eigenvalue weighted by molar-refractivity contribution is -0.0171. The molecule has 0 saturated heterocycles. The monoisotopic (exact) mass is 309 g/mol. The number of nitrogens with one attached hydrogen (secondary N) is 1. The molecule has 0 atom stereocenters. The van der Waals surface area contributed by atoms with Crippen LogP contribution in [0.4, 0.5) is 4.39 Å². The van der Waals surface area contributed by atoms with Gasteiger partial charge in [-0.15, -0.1) is 5.10 Å². The minimum atomic E-state index is -0.281. The third-order valence-corrected chi connectivity index (χ3v) is 4.03. The highest BCUT2D eigenvalue weighted by Gasteiger charge is 2.17. The van der Waals surface area contributed by atoms with Crippen molar-refractivity contribution < 1.29 is 13.9 Å². The minimum Gasteiger partial charge on any atom is -0.467 e. The molecule has 21 heavy (non-hydrogen) atoms. The van der Waals surface area contributed by atoms with Gasteiger partial charge in [-0.05, 0) is 12.1 Å². The molecule has 0 amide bonds. The summed E-state index contributed by atoms with van der Waals surface area (Å²) in [5, 5.41) is 7.72. The average molecular weight is 309 g/mol. The summed E-state index contributed by atoms with van der Waals surface area (Å²) >= 11 is 1.45. The van der Waals surface area contributed by atoms with E-state index in [-0.39, 0.29) is 12.6 Å². The molecule has 2 aromatic rings. The summed E-state index contributed by atoms with van der Waals surface area (Å²) < 4.78 is 24.3. The van der Waals surface area contributed by atoms with E-state index in [1.54, 1.807) is 0 Å². The van der Waals surface area contributed by atoms with E-state index in [1.807, 2.05) is 13.8 Å². The van der Waals surface area contributed by atoms with Crippen LogP contribution in [0.25, 0.3) is 0 Å². The van der Waals surface area contributed by atoms with Gasteiger partial charge in [-0.3, -0.25) is 5.10 Å². The maximum atomic E-state index is 13.6. The molecule has 1 aromatic heterocycles. The van der Waals surface area contributed by atoms with Crippen molar-refractivity contribution in [1.82, 2.24) is 15.2 Å². The molecule has 3 rings (SSSR count). The van der Waals surface area contributed by atoms with Crippen LogP contribution in [0, 0.1) is 5.82 Å². The zero-order chi connectivity index (χ0) is 14.8. The van der Waals surface area contributed by atoms with Crippen LogP contribution in [0.2, 0.25) is 0 Å². The Morgan fingerprint density at radius 2 is 2.29 bits per heavy atom. The van der Waals surface area contributed by atoms with Gasteiger partial charge in [-0.25, -0.2) is 9.37 Å². The molecule has 7 heteroatoms. The number of H-pyrrole nitrogens is 1. The Hall–Kier alpha value is -1.60. The quantitative estimate of drug-likeness (QED) is 0.879. The number of ether oxygens (including phenoxy) is 2. The number of rotatable bonds is 4. The number of fused-ring (bicyclic) bond motifs is 1. The summed E-state index contributed by atoms with van der Waals surface area (Å²) in [5.74, 6) is 2.14. The van der Waals surface area contributed by atoms with E-state index >= 15 is 0 Å². The first kappa shape index (κ1) is 14.3. The minimum absolute atomic E-state index is 0.203. The third kappa shape index (κ3) is 3.19. The Labute approximate surface area is 126 Å². The number of halogens is 1. The highest BCUT2D eigenvalue weighted by molar-refractivity contribution is 7.98. The number of hydrogen-bond acceptors (Lipinski definition) is 5. The lowest BCUT2D eigenvalue weighted by Crippen LogP contribution is -2.13. The Morgan fingerprint density at radius 3 is 3.05 bits per heavy atom. The van der Waals surface area contributed by atoms with Crippen molar-refractivity contribution in [2.45, 2.75) is 37.3 Å². The lowest BCUT2D eigenvalue weighted by Gasteiger charge is -2.20. The number of hydrogen-bond donors (Lipinski definition) is 1. The summed E-state index contributed by atoms with van der Waals surface area (Å²) in [6.45, 7) is 4.68. The van der Waals surface area contributed by atoms with E-state index in [0.29, 0.717) is 23.4 Å².